The first-order valence-electron chi connectivity index (χ1n) is 4.23. The maximum atomic E-state index is 11.1. The highest BCUT2D eigenvalue weighted by molar-refractivity contribution is 5.87. The number of allylic oxidation sites excluding steroid dienone is 1. The third kappa shape index (κ3) is 4.94. The molecule has 0 radical (unpaired) electrons. The van der Waals surface area contributed by atoms with Gasteiger partial charge in [0.15, 0.2) is 0 Å². The van der Waals surface area contributed by atoms with Gasteiger partial charge in [0.2, 0.25) is 0 Å². The van der Waals surface area contributed by atoms with Crippen LogP contribution in [0, 0.1) is 5.41 Å². The molecule has 0 bridgehead atoms. The van der Waals surface area contributed by atoms with Crippen molar-refractivity contribution in [2.75, 3.05) is 6.61 Å². The molecular weight excluding hydrogens is 152 g/mol. The third-order valence-electron chi connectivity index (χ3n) is 1.25. The van der Waals surface area contributed by atoms with Gasteiger partial charge in [-0.15, -0.1) is 0 Å². The van der Waals surface area contributed by atoms with Crippen LogP contribution in [0.15, 0.2) is 11.6 Å². The van der Waals surface area contributed by atoms with Gasteiger partial charge >= 0.3 is 5.97 Å². The Morgan fingerprint density at radius 2 is 1.92 bits per heavy atom. The molecule has 0 amide bonds. The molecule has 70 valence electrons. The molecule has 0 fully saturated rings. The fraction of sp³-hybridized carbons (Fsp3) is 0.700. The van der Waals surface area contributed by atoms with Crippen LogP contribution in [-0.4, -0.2) is 12.6 Å². The van der Waals surface area contributed by atoms with E-state index in [2.05, 4.69) is 20.8 Å². The lowest BCUT2D eigenvalue weighted by Crippen LogP contribution is -2.09. The number of esters is 1. The molecule has 0 atom stereocenters. The van der Waals surface area contributed by atoms with Crippen LogP contribution in [0.3, 0.4) is 0 Å². The molecule has 0 aromatic rings. The number of carbonyl (C=O) groups is 1. The van der Waals surface area contributed by atoms with Crippen LogP contribution < -0.4 is 0 Å². The molecule has 0 spiro atoms. The largest absolute Gasteiger partial charge is 0.463 e. The van der Waals surface area contributed by atoms with Gasteiger partial charge in [0.1, 0.15) is 0 Å². The number of hydrogen-bond acceptors (Lipinski definition) is 2. The molecule has 0 aromatic heterocycles. The van der Waals surface area contributed by atoms with Crippen molar-refractivity contribution in [1.82, 2.24) is 0 Å². The van der Waals surface area contributed by atoms with Crippen LogP contribution in [0.4, 0.5) is 0 Å². The smallest absolute Gasteiger partial charge is 0.333 e. The molecule has 0 N–H and O–H groups in total. The summed E-state index contributed by atoms with van der Waals surface area (Å²) in [6.07, 6.45) is 1.92. The molecule has 2 heteroatoms. The van der Waals surface area contributed by atoms with Crippen molar-refractivity contribution in [3.63, 3.8) is 0 Å². The summed E-state index contributed by atoms with van der Waals surface area (Å²) < 4.78 is 4.84. The zero-order valence-corrected chi connectivity index (χ0v) is 8.60. The maximum Gasteiger partial charge on any atom is 0.333 e. The third-order valence-corrected chi connectivity index (χ3v) is 1.25. The average Bonchev–Trinajstić information content (AvgIpc) is 1.84. The van der Waals surface area contributed by atoms with Crippen LogP contribution in [0.2, 0.25) is 0 Å². The minimum atomic E-state index is -0.215. The SMILES string of the molecule is CCOC(=O)/C(C)=C/C(C)(C)C. The summed E-state index contributed by atoms with van der Waals surface area (Å²) in [4.78, 5) is 11.1. The Bertz CT molecular complexity index is 185. The van der Waals surface area contributed by atoms with Crippen LogP contribution >= 0.6 is 0 Å². The Balaban J connectivity index is 4.28. The molecule has 0 aliphatic rings. The highest BCUT2D eigenvalue weighted by atomic mass is 16.5. The predicted octanol–water partition coefficient (Wildman–Crippen LogP) is 2.54. The van der Waals surface area contributed by atoms with Crippen molar-refractivity contribution < 1.29 is 9.53 Å². The van der Waals surface area contributed by atoms with E-state index in [0.29, 0.717) is 12.2 Å². The Labute approximate surface area is 74.6 Å². The average molecular weight is 170 g/mol. The van der Waals surface area contributed by atoms with Gasteiger partial charge in [0.25, 0.3) is 0 Å². The van der Waals surface area contributed by atoms with Crippen LogP contribution in [0.5, 0.6) is 0 Å². The number of rotatable bonds is 2. The summed E-state index contributed by atoms with van der Waals surface area (Å²) in [6.45, 7) is 10.2. The first-order chi connectivity index (χ1) is 5.37. The van der Waals surface area contributed by atoms with E-state index in [1.54, 1.807) is 6.92 Å². The lowest BCUT2D eigenvalue weighted by molar-refractivity contribution is -0.138. The number of ether oxygens (including phenoxy) is 1. The minimum Gasteiger partial charge on any atom is -0.463 e. The lowest BCUT2D eigenvalue weighted by atomic mass is 9.94. The van der Waals surface area contributed by atoms with Gasteiger partial charge < -0.3 is 4.74 Å². The molecule has 0 unspecified atom stereocenters. The van der Waals surface area contributed by atoms with Gasteiger partial charge in [-0.1, -0.05) is 26.8 Å². The molecular formula is C10H18O2. The van der Waals surface area contributed by atoms with Gasteiger partial charge in [-0.05, 0) is 19.3 Å². The summed E-state index contributed by atoms with van der Waals surface area (Å²) in [7, 11) is 0. The van der Waals surface area contributed by atoms with Gasteiger partial charge in [-0.3, -0.25) is 0 Å². The summed E-state index contributed by atoms with van der Waals surface area (Å²) >= 11 is 0. The van der Waals surface area contributed by atoms with E-state index in [4.69, 9.17) is 4.74 Å². The Kier molecular flexibility index (Phi) is 4.01. The molecule has 0 aliphatic carbocycles. The molecule has 2 nitrogen and oxygen atoms in total. The molecule has 0 saturated heterocycles. The molecule has 0 saturated carbocycles. The number of carbonyl (C=O) groups excluding carboxylic acids is 1. The van der Waals surface area contributed by atoms with E-state index in [0.717, 1.165) is 0 Å². The molecule has 0 aliphatic heterocycles. The second-order valence-electron chi connectivity index (χ2n) is 3.91. The van der Waals surface area contributed by atoms with Crippen molar-refractivity contribution in [3.05, 3.63) is 11.6 Å². The number of hydrogen-bond donors (Lipinski definition) is 0. The van der Waals surface area contributed by atoms with E-state index < -0.39 is 0 Å². The van der Waals surface area contributed by atoms with Crippen LogP contribution in [0.25, 0.3) is 0 Å². The second-order valence-corrected chi connectivity index (χ2v) is 3.91. The van der Waals surface area contributed by atoms with Gasteiger partial charge in [0, 0.05) is 5.57 Å². The Morgan fingerprint density at radius 1 is 1.42 bits per heavy atom. The highest BCUT2D eigenvalue weighted by Gasteiger charge is 2.11. The van der Waals surface area contributed by atoms with Crippen molar-refractivity contribution >= 4 is 5.97 Å². The Morgan fingerprint density at radius 3 is 2.25 bits per heavy atom. The lowest BCUT2D eigenvalue weighted by Gasteiger charge is -2.13. The fourth-order valence-corrected chi connectivity index (χ4v) is 0.953. The van der Waals surface area contributed by atoms with Crippen molar-refractivity contribution in [2.24, 2.45) is 5.41 Å². The summed E-state index contributed by atoms with van der Waals surface area (Å²) in [5.41, 5.74) is 0.723. The van der Waals surface area contributed by atoms with E-state index in [9.17, 15) is 4.79 Å². The van der Waals surface area contributed by atoms with E-state index >= 15 is 0 Å². The first-order valence-corrected chi connectivity index (χ1v) is 4.23. The summed E-state index contributed by atoms with van der Waals surface area (Å²) in [6, 6.07) is 0. The van der Waals surface area contributed by atoms with Gasteiger partial charge in [-0.2, -0.15) is 0 Å². The molecule has 0 rings (SSSR count). The van der Waals surface area contributed by atoms with Gasteiger partial charge in [0.05, 0.1) is 6.61 Å². The summed E-state index contributed by atoms with van der Waals surface area (Å²) in [5, 5.41) is 0. The topological polar surface area (TPSA) is 26.3 Å². The molecule has 0 aromatic carbocycles. The molecule has 0 heterocycles. The van der Waals surface area contributed by atoms with Crippen LogP contribution in [0.1, 0.15) is 34.6 Å². The monoisotopic (exact) mass is 170 g/mol. The highest BCUT2D eigenvalue weighted by Crippen LogP contribution is 2.17. The van der Waals surface area contributed by atoms with Gasteiger partial charge in [-0.25, -0.2) is 4.79 Å². The second kappa shape index (κ2) is 4.29. The van der Waals surface area contributed by atoms with E-state index in [-0.39, 0.29) is 11.4 Å². The van der Waals surface area contributed by atoms with Crippen LogP contribution in [-0.2, 0) is 9.53 Å². The minimum absolute atomic E-state index is 0.0385. The van der Waals surface area contributed by atoms with Crippen molar-refractivity contribution in [3.8, 4) is 0 Å². The predicted molar refractivity (Wildman–Crippen MR) is 49.8 cm³/mol. The van der Waals surface area contributed by atoms with E-state index in [1.165, 1.54) is 0 Å². The fourth-order valence-electron chi connectivity index (χ4n) is 0.953. The molecule has 12 heavy (non-hydrogen) atoms. The van der Waals surface area contributed by atoms with Crippen molar-refractivity contribution in [1.29, 1.82) is 0 Å². The standard InChI is InChI=1S/C10H18O2/c1-6-12-9(11)8(2)7-10(3,4)5/h7H,6H2,1-5H3/b8-7+. The Hall–Kier alpha value is -0.790. The first kappa shape index (κ1) is 11.2. The zero-order chi connectivity index (χ0) is 9.78. The maximum absolute atomic E-state index is 11.1. The van der Waals surface area contributed by atoms with E-state index in [1.807, 2.05) is 13.0 Å². The normalized spacial score (nSPS) is 12.9. The summed E-state index contributed by atoms with van der Waals surface area (Å²) in [5.74, 6) is -0.215. The van der Waals surface area contributed by atoms with Crippen molar-refractivity contribution in [2.45, 2.75) is 34.6 Å². The quantitative estimate of drug-likeness (QED) is 0.470. The zero-order valence-electron chi connectivity index (χ0n) is 8.60.